The van der Waals surface area contributed by atoms with Crippen molar-refractivity contribution >= 4 is 0 Å². The standard InChI is InChI=1S/C17H28N2O2/c1-13(2)15-7-6-14(16(18-15)10-19(3)4)17(11-20-5)8-9-21-12-17/h6-7,13H,8-12H2,1-5H3. The van der Waals surface area contributed by atoms with Crippen LogP contribution in [0.5, 0.6) is 0 Å². The molecule has 1 unspecified atom stereocenters. The molecule has 2 heterocycles. The summed E-state index contributed by atoms with van der Waals surface area (Å²) in [5.74, 6) is 0.443. The Morgan fingerprint density at radius 2 is 2.14 bits per heavy atom. The lowest BCUT2D eigenvalue weighted by molar-refractivity contribution is 0.106. The van der Waals surface area contributed by atoms with E-state index in [4.69, 9.17) is 14.5 Å². The molecule has 1 atom stereocenters. The highest BCUT2D eigenvalue weighted by molar-refractivity contribution is 5.33. The summed E-state index contributed by atoms with van der Waals surface area (Å²) < 4.78 is 11.2. The van der Waals surface area contributed by atoms with E-state index in [1.54, 1.807) is 7.11 Å². The van der Waals surface area contributed by atoms with Crippen LogP contribution in [0.25, 0.3) is 0 Å². The summed E-state index contributed by atoms with van der Waals surface area (Å²) in [5.41, 5.74) is 3.57. The Morgan fingerprint density at radius 3 is 2.67 bits per heavy atom. The second-order valence-electron chi connectivity index (χ2n) is 6.64. The average molecular weight is 292 g/mol. The summed E-state index contributed by atoms with van der Waals surface area (Å²) in [6.07, 6.45) is 1.00. The first-order chi connectivity index (χ1) is 9.98. The van der Waals surface area contributed by atoms with E-state index in [9.17, 15) is 0 Å². The van der Waals surface area contributed by atoms with E-state index >= 15 is 0 Å². The third-order valence-electron chi connectivity index (χ3n) is 4.15. The van der Waals surface area contributed by atoms with Crippen molar-refractivity contribution in [3.8, 4) is 0 Å². The molecule has 0 amide bonds. The monoisotopic (exact) mass is 292 g/mol. The second-order valence-corrected chi connectivity index (χ2v) is 6.64. The van der Waals surface area contributed by atoms with Crippen molar-refractivity contribution in [3.63, 3.8) is 0 Å². The lowest BCUT2D eigenvalue weighted by Gasteiger charge is -2.30. The molecule has 1 aromatic rings. The minimum atomic E-state index is -0.0391. The number of aromatic nitrogens is 1. The minimum Gasteiger partial charge on any atom is -0.384 e. The van der Waals surface area contributed by atoms with Crippen LogP contribution in [0.4, 0.5) is 0 Å². The third kappa shape index (κ3) is 3.62. The highest BCUT2D eigenvalue weighted by Crippen LogP contribution is 2.36. The van der Waals surface area contributed by atoms with Crippen LogP contribution in [0.3, 0.4) is 0 Å². The van der Waals surface area contributed by atoms with Crippen LogP contribution in [-0.4, -0.2) is 50.9 Å². The number of hydrogen-bond acceptors (Lipinski definition) is 4. The lowest BCUT2D eigenvalue weighted by Crippen LogP contribution is -2.34. The molecule has 0 aliphatic carbocycles. The van der Waals surface area contributed by atoms with Gasteiger partial charge >= 0.3 is 0 Å². The Hall–Kier alpha value is -0.970. The molecule has 1 aromatic heterocycles. The molecule has 2 rings (SSSR count). The van der Waals surface area contributed by atoms with Gasteiger partial charge < -0.3 is 14.4 Å². The van der Waals surface area contributed by atoms with Crippen molar-refractivity contribution in [2.45, 2.75) is 38.1 Å². The zero-order valence-corrected chi connectivity index (χ0v) is 14.0. The molecule has 1 saturated heterocycles. The zero-order valence-electron chi connectivity index (χ0n) is 14.0. The first kappa shape index (κ1) is 16.4. The maximum atomic E-state index is 5.68. The molecule has 1 aliphatic rings. The Kier molecular flexibility index (Phi) is 5.36. The van der Waals surface area contributed by atoms with Gasteiger partial charge in [0.15, 0.2) is 0 Å². The highest BCUT2D eigenvalue weighted by atomic mass is 16.5. The van der Waals surface area contributed by atoms with Crippen LogP contribution >= 0.6 is 0 Å². The molecular formula is C17H28N2O2. The molecule has 0 bridgehead atoms. The Morgan fingerprint density at radius 1 is 1.38 bits per heavy atom. The van der Waals surface area contributed by atoms with Gasteiger partial charge in [-0.05, 0) is 38.1 Å². The Bertz CT molecular complexity index is 466. The van der Waals surface area contributed by atoms with Crippen molar-refractivity contribution in [3.05, 3.63) is 29.1 Å². The molecule has 0 spiro atoms. The van der Waals surface area contributed by atoms with E-state index in [0.29, 0.717) is 12.5 Å². The van der Waals surface area contributed by atoms with Gasteiger partial charge in [0.05, 0.1) is 18.9 Å². The molecule has 0 aromatic carbocycles. The van der Waals surface area contributed by atoms with Gasteiger partial charge in [0.2, 0.25) is 0 Å². The molecule has 1 fully saturated rings. The number of ether oxygens (including phenoxy) is 2. The van der Waals surface area contributed by atoms with Gasteiger partial charge in [-0.25, -0.2) is 0 Å². The topological polar surface area (TPSA) is 34.6 Å². The number of rotatable bonds is 6. The molecule has 118 valence electrons. The van der Waals surface area contributed by atoms with Gasteiger partial charge in [0, 0.05) is 31.4 Å². The molecule has 0 saturated carbocycles. The van der Waals surface area contributed by atoms with Crippen molar-refractivity contribution in [2.75, 3.05) is 41.0 Å². The SMILES string of the molecule is COCC1(c2ccc(C(C)C)nc2CN(C)C)CCOC1. The van der Waals surface area contributed by atoms with Crippen LogP contribution < -0.4 is 0 Å². The maximum Gasteiger partial charge on any atom is 0.0586 e. The fraction of sp³-hybridized carbons (Fsp3) is 0.706. The van der Waals surface area contributed by atoms with E-state index in [1.165, 1.54) is 5.56 Å². The summed E-state index contributed by atoms with van der Waals surface area (Å²) in [4.78, 5) is 7.10. The van der Waals surface area contributed by atoms with Gasteiger partial charge in [-0.2, -0.15) is 0 Å². The minimum absolute atomic E-state index is 0.0391. The van der Waals surface area contributed by atoms with Gasteiger partial charge in [-0.1, -0.05) is 19.9 Å². The van der Waals surface area contributed by atoms with Crippen LogP contribution in [0.15, 0.2) is 12.1 Å². The van der Waals surface area contributed by atoms with Gasteiger partial charge in [0.1, 0.15) is 0 Å². The van der Waals surface area contributed by atoms with Crippen molar-refractivity contribution in [1.82, 2.24) is 9.88 Å². The number of nitrogens with zero attached hydrogens (tertiary/aromatic N) is 2. The first-order valence-electron chi connectivity index (χ1n) is 7.70. The summed E-state index contributed by atoms with van der Waals surface area (Å²) >= 11 is 0. The van der Waals surface area contributed by atoms with Gasteiger partial charge in [-0.15, -0.1) is 0 Å². The summed E-state index contributed by atoms with van der Waals surface area (Å²) in [6, 6.07) is 4.41. The van der Waals surface area contributed by atoms with E-state index in [2.05, 4.69) is 45.0 Å². The third-order valence-corrected chi connectivity index (χ3v) is 4.15. The quantitative estimate of drug-likeness (QED) is 0.807. The number of pyridine rings is 1. The lowest BCUT2D eigenvalue weighted by atomic mass is 9.79. The summed E-state index contributed by atoms with van der Waals surface area (Å²) in [7, 11) is 5.94. The van der Waals surface area contributed by atoms with Crippen LogP contribution in [0, 0.1) is 0 Å². The molecule has 0 N–H and O–H groups in total. The van der Waals surface area contributed by atoms with Gasteiger partial charge in [-0.3, -0.25) is 4.98 Å². The highest BCUT2D eigenvalue weighted by Gasteiger charge is 2.39. The predicted molar refractivity (Wildman–Crippen MR) is 84.7 cm³/mol. The largest absolute Gasteiger partial charge is 0.384 e. The fourth-order valence-electron chi connectivity index (χ4n) is 3.03. The number of hydrogen-bond donors (Lipinski definition) is 0. The summed E-state index contributed by atoms with van der Waals surface area (Å²) in [6.45, 7) is 7.44. The van der Waals surface area contributed by atoms with Crippen molar-refractivity contribution in [1.29, 1.82) is 0 Å². The van der Waals surface area contributed by atoms with Crippen molar-refractivity contribution in [2.24, 2.45) is 0 Å². The first-order valence-corrected chi connectivity index (χ1v) is 7.70. The molecule has 4 heteroatoms. The number of methoxy groups -OCH3 is 1. The second kappa shape index (κ2) is 6.86. The smallest absolute Gasteiger partial charge is 0.0586 e. The van der Waals surface area contributed by atoms with Crippen molar-refractivity contribution < 1.29 is 9.47 Å². The predicted octanol–water partition coefficient (Wildman–Crippen LogP) is 2.57. The van der Waals surface area contributed by atoms with E-state index in [1.807, 2.05) is 0 Å². The fourth-order valence-corrected chi connectivity index (χ4v) is 3.03. The van der Waals surface area contributed by atoms with Gasteiger partial charge in [0.25, 0.3) is 0 Å². The Balaban J connectivity index is 2.45. The summed E-state index contributed by atoms with van der Waals surface area (Å²) in [5, 5.41) is 0. The average Bonchev–Trinajstić information content (AvgIpc) is 2.88. The van der Waals surface area contributed by atoms with Crippen LogP contribution in [-0.2, 0) is 21.4 Å². The Labute approximate surface area is 128 Å². The molecular weight excluding hydrogens is 264 g/mol. The van der Waals surface area contributed by atoms with E-state index in [-0.39, 0.29) is 5.41 Å². The van der Waals surface area contributed by atoms with Crippen LogP contribution in [0.1, 0.15) is 43.1 Å². The maximum absolute atomic E-state index is 5.68. The zero-order chi connectivity index (χ0) is 15.5. The normalized spacial score (nSPS) is 22.4. The molecule has 0 radical (unpaired) electrons. The molecule has 1 aliphatic heterocycles. The molecule has 21 heavy (non-hydrogen) atoms. The van der Waals surface area contributed by atoms with E-state index in [0.717, 1.165) is 37.6 Å². The molecule has 4 nitrogen and oxygen atoms in total. The van der Waals surface area contributed by atoms with Crippen LogP contribution in [0.2, 0.25) is 0 Å². The van der Waals surface area contributed by atoms with E-state index < -0.39 is 0 Å².